The average Bonchev–Trinajstić information content (AvgIpc) is 2.95. The molecule has 2 aromatic rings. The molecular weight excluding hydrogens is 324 g/mol. The van der Waals surface area contributed by atoms with Crippen molar-refractivity contribution in [3.05, 3.63) is 53.1 Å². The predicted octanol–water partition coefficient (Wildman–Crippen LogP) is 3.57. The molecule has 0 atom stereocenters. The highest BCUT2D eigenvalue weighted by Gasteiger charge is 2.29. The number of nitrogens with zero attached hydrogens (tertiary/aromatic N) is 2. The number of rotatable bonds is 6. The molecule has 1 aromatic carbocycles. The van der Waals surface area contributed by atoms with Gasteiger partial charge in [0, 0.05) is 30.4 Å². The van der Waals surface area contributed by atoms with Crippen molar-refractivity contribution < 1.29 is 13.6 Å². The molecule has 0 bridgehead atoms. The molecule has 4 nitrogen and oxygen atoms in total. The van der Waals surface area contributed by atoms with Gasteiger partial charge in [-0.3, -0.25) is 9.36 Å². The van der Waals surface area contributed by atoms with Crippen LogP contribution in [0.1, 0.15) is 31.8 Å². The highest BCUT2D eigenvalue weighted by atomic mass is 35.5. The Morgan fingerprint density at radius 2 is 2.17 bits per heavy atom. The number of hydrogen-bond acceptors (Lipinski definition) is 2. The van der Waals surface area contributed by atoms with Crippen molar-refractivity contribution in [2.24, 2.45) is 0 Å². The first-order valence-corrected chi connectivity index (χ1v) is 7.54. The van der Waals surface area contributed by atoms with Crippen molar-refractivity contribution in [2.75, 3.05) is 6.54 Å². The molecule has 1 amide bonds. The monoisotopic (exact) mass is 341 g/mol. The first-order valence-electron chi connectivity index (χ1n) is 7.16. The maximum Gasteiger partial charge on any atom is 0.319 e. The van der Waals surface area contributed by atoms with Gasteiger partial charge in [-0.05, 0) is 31.5 Å². The van der Waals surface area contributed by atoms with Gasteiger partial charge in [-0.25, -0.2) is 4.98 Å². The van der Waals surface area contributed by atoms with Gasteiger partial charge in [-0.2, -0.15) is 8.78 Å². The lowest BCUT2D eigenvalue weighted by Gasteiger charge is -2.24. The van der Waals surface area contributed by atoms with Crippen LogP contribution < -0.4 is 5.32 Å². The largest absolute Gasteiger partial charge is 0.355 e. The molecule has 0 saturated carbocycles. The Morgan fingerprint density at radius 1 is 1.43 bits per heavy atom. The summed E-state index contributed by atoms with van der Waals surface area (Å²) in [4.78, 5) is 16.3. The SMILES string of the molecule is CC(C)(C(=O)NCCc1nccn1C(F)F)c1cccc(Cl)c1. The molecular formula is C16H18ClF2N3O. The fraction of sp³-hybridized carbons (Fsp3) is 0.375. The van der Waals surface area contributed by atoms with E-state index in [1.165, 1.54) is 12.4 Å². The van der Waals surface area contributed by atoms with Crippen LogP contribution in [0.15, 0.2) is 36.7 Å². The molecule has 0 unspecified atom stereocenters. The van der Waals surface area contributed by atoms with Crippen LogP contribution in [0, 0.1) is 0 Å². The third-order valence-corrected chi connectivity index (χ3v) is 3.94. The fourth-order valence-corrected chi connectivity index (χ4v) is 2.42. The normalized spacial score (nSPS) is 11.7. The molecule has 0 fully saturated rings. The highest BCUT2D eigenvalue weighted by molar-refractivity contribution is 6.30. The van der Waals surface area contributed by atoms with Gasteiger partial charge in [0.05, 0.1) is 5.41 Å². The number of hydrogen-bond donors (Lipinski definition) is 1. The number of imidazole rings is 1. The molecule has 0 aliphatic heterocycles. The molecule has 0 aliphatic carbocycles. The second-order valence-corrected chi connectivity index (χ2v) is 6.11. The number of alkyl halides is 2. The Bertz CT molecular complexity index is 685. The van der Waals surface area contributed by atoms with Crippen LogP contribution in [0.3, 0.4) is 0 Å². The Kier molecular flexibility index (Phi) is 5.36. The minimum absolute atomic E-state index is 0.199. The van der Waals surface area contributed by atoms with Crippen molar-refractivity contribution >= 4 is 17.5 Å². The first-order chi connectivity index (χ1) is 10.8. The molecule has 124 valence electrons. The van der Waals surface area contributed by atoms with Gasteiger partial charge in [0.1, 0.15) is 5.82 Å². The minimum atomic E-state index is -2.63. The first kappa shape index (κ1) is 17.4. The van der Waals surface area contributed by atoms with Crippen LogP contribution in [0.4, 0.5) is 8.78 Å². The number of carbonyl (C=O) groups excluding carboxylic acids is 1. The third kappa shape index (κ3) is 4.07. The van der Waals surface area contributed by atoms with E-state index >= 15 is 0 Å². The topological polar surface area (TPSA) is 46.9 Å². The number of aromatic nitrogens is 2. The van der Waals surface area contributed by atoms with Crippen molar-refractivity contribution in [3.63, 3.8) is 0 Å². The zero-order valence-corrected chi connectivity index (χ0v) is 13.6. The van der Waals surface area contributed by atoms with Gasteiger partial charge in [0.2, 0.25) is 5.91 Å². The van der Waals surface area contributed by atoms with Crippen LogP contribution in [0.25, 0.3) is 0 Å². The molecule has 23 heavy (non-hydrogen) atoms. The van der Waals surface area contributed by atoms with Crippen LogP contribution in [-0.4, -0.2) is 22.0 Å². The van der Waals surface area contributed by atoms with Gasteiger partial charge < -0.3 is 5.32 Å². The Morgan fingerprint density at radius 3 is 2.83 bits per heavy atom. The predicted molar refractivity (Wildman–Crippen MR) is 84.7 cm³/mol. The second-order valence-electron chi connectivity index (χ2n) is 5.67. The Hall–Kier alpha value is -1.95. The Balaban J connectivity index is 1.97. The molecule has 7 heteroatoms. The number of carbonyl (C=O) groups is 1. The van der Waals surface area contributed by atoms with E-state index in [9.17, 15) is 13.6 Å². The summed E-state index contributed by atoms with van der Waals surface area (Å²) in [5.74, 6) is 0.0378. The number of halogens is 3. The number of amides is 1. The van der Waals surface area contributed by atoms with Crippen molar-refractivity contribution in [1.82, 2.24) is 14.9 Å². The lowest BCUT2D eigenvalue weighted by atomic mass is 9.84. The van der Waals surface area contributed by atoms with E-state index in [4.69, 9.17) is 11.6 Å². The molecule has 1 aromatic heterocycles. The molecule has 0 saturated heterocycles. The standard InChI is InChI=1S/C16H18ClF2N3O/c1-16(2,11-4-3-5-12(17)10-11)14(23)21-7-6-13-20-8-9-22(13)15(18)19/h3-5,8-10,15H,6-7H2,1-2H3,(H,21,23). The quantitative estimate of drug-likeness (QED) is 0.873. The van der Waals surface area contributed by atoms with E-state index in [0.717, 1.165) is 10.1 Å². The van der Waals surface area contributed by atoms with Gasteiger partial charge in [0.15, 0.2) is 0 Å². The summed E-state index contributed by atoms with van der Waals surface area (Å²) >= 11 is 5.96. The molecule has 2 rings (SSSR count). The highest BCUT2D eigenvalue weighted by Crippen LogP contribution is 2.25. The summed E-state index contributed by atoms with van der Waals surface area (Å²) in [7, 11) is 0. The lowest BCUT2D eigenvalue weighted by Crippen LogP contribution is -2.41. The summed E-state index contributed by atoms with van der Waals surface area (Å²) in [5.41, 5.74) is 0.0137. The molecule has 0 aliphatic rings. The number of nitrogens with one attached hydrogen (secondary N) is 1. The summed E-state index contributed by atoms with van der Waals surface area (Å²) in [5, 5.41) is 3.32. The maximum absolute atomic E-state index is 12.7. The van der Waals surface area contributed by atoms with Crippen molar-refractivity contribution in [3.8, 4) is 0 Å². The van der Waals surface area contributed by atoms with Crippen LogP contribution in [0.5, 0.6) is 0 Å². The van der Waals surface area contributed by atoms with Gasteiger partial charge in [-0.15, -0.1) is 0 Å². The average molecular weight is 342 g/mol. The van der Waals surface area contributed by atoms with E-state index in [-0.39, 0.29) is 24.7 Å². The zero-order chi connectivity index (χ0) is 17.0. The fourth-order valence-electron chi connectivity index (χ4n) is 2.23. The van der Waals surface area contributed by atoms with E-state index in [1.54, 1.807) is 32.0 Å². The van der Waals surface area contributed by atoms with Gasteiger partial charge >= 0.3 is 6.55 Å². The van der Waals surface area contributed by atoms with E-state index in [2.05, 4.69) is 10.3 Å². The van der Waals surface area contributed by atoms with Gasteiger partial charge in [0.25, 0.3) is 0 Å². The Labute approximate surface area is 138 Å². The summed E-state index contributed by atoms with van der Waals surface area (Å²) in [6.07, 6.45) is 2.77. The molecule has 0 radical (unpaired) electrons. The van der Waals surface area contributed by atoms with Crippen molar-refractivity contribution in [2.45, 2.75) is 32.2 Å². The zero-order valence-electron chi connectivity index (χ0n) is 12.9. The van der Waals surface area contributed by atoms with Crippen LogP contribution in [-0.2, 0) is 16.6 Å². The second kappa shape index (κ2) is 7.08. The lowest BCUT2D eigenvalue weighted by molar-refractivity contribution is -0.125. The minimum Gasteiger partial charge on any atom is -0.355 e. The number of benzene rings is 1. The van der Waals surface area contributed by atoms with Crippen molar-refractivity contribution in [1.29, 1.82) is 0 Å². The van der Waals surface area contributed by atoms with Crippen LogP contribution >= 0.6 is 11.6 Å². The third-order valence-electron chi connectivity index (χ3n) is 3.71. The molecule has 0 spiro atoms. The van der Waals surface area contributed by atoms with Crippen LogP contribution in [0.2, 0.25) is 5.02 Å². The maximum atomic E-state index is 12.7. The summed E-state index contributed by atoms with van der Waals surface area (Å²) in [6.45, 7) is 1.17. The summed E-state index contributed by atoms with van der Waals surface area (Å²) < 4.78 is 26.2. The van der Waals surface area contributed by atoms with E-state index < -0.39 is 12.0 Å². The summed E-state index contributed by atoms with van der Waals surface area (Å²) in [6, 6.07) is 7.09. The molecule has 1 heterocycles. The smallest absolute Gasteiger partial charge is 0.319 e. The van der Waals surface area contributed by atoms with Gasteiger partial charge in [-0.1, -0.05) is 23.7 Å². The molecule has 1 N–H and O–H groups in total. The van der Waals surface area contributed by atoms with E-state index in [1.807, 2.05) is 6.07 Å². The van der Waals surface area contributed by atoms with E-state index in [0.29, 0.717) is 5.02 Å².